The summed E-state index contributed by atoms with van der Waals surface area (Å²) in [5, 5.41) is 2.07. The molecule has 0 spiro atoms. The molecule has 3 N–H and O–H groups in total. The van der Waals surface area contributed by atoms with Crippen LogP contribution in [-0.2, 0) is 16.6 Å². The molecule has 0 saturated carbocycles. The summed E-state index contributed by atoms with van der Waals surface area (Å²) < 4.78 is 32.4. The highest BCUT2D eigenvalue weighted by Gasteiger charge is 2.19. The summed E-state index contributed by atoms with van der Waals surface area (Å²) in [5.41, 5.74) is 6.60. The second-order valence-corrected chi connectivity index (χ2v) is 7.45. The molecule has 1 heterocycles. The van der Waals surface area contributed by atoms with Crippen molar-refractivity contribution in [3.63, 3.8) is 0 Å². The highest BCUT2D eigenvalue weighted by Crippen LogP contribution is 2.33. The molecule has 0 aliphatic heterocycles. The van der Waals surface area contributed by atoms with Gasteiger partial charge in [0, 0.05) is 27.9 Å². The van der Waals surface area contributed by atoms with Crippen LogP contribution in [0.25, 0.3) is 0 Å². The van der Waals surface area contributed by atoms with Gasteiger partial charge in [0.15, 0.2) is 0 Å². The Labute approximate surface area is 132 Å². The van der Waals surface area contributed by atoms with Gasteiger partial charge in [0.1, 0.15) is 5.75 Å². The van der Waals surface area contributed by atoms with Crippen LogP contribution in [0.4, 0.5) is 5.69 Å². The number of nitrogens with one attached hydrogen (secondary N) is 1. The Bertz CT molecular complexity index is 757. The summed E-state index contributed by atoms with van der Waals surface area (Å²) in [5.74, 6) is 0.364. The molecule has 0 fully saturated rings. The van der Waals surface area contributed by atoms with Crippen molar-refractivity contribution < 1.29 is 13.2 Å². The van der Waals surface area contributed by atoms with Crippen LogP contribution in [0.1, 0.15) is 10.4 Å². The van der Waals surface area contributed by atoms with Gasteiger partial charge >= 0.3 is 0 Å². The van der Waals surface area contributed by atoms with Gasteiger partial charge in [-0.1, -0.05) is 11.6 Å². The monoisotopic (exact) mass is 346 g/mol. The number of thiophene rings is 1. The van der Waals surface area contributed by atoms with E-state index < -0.39 is 10.0 Å². The Kier molecular flexibility index (Phi) is 4.77. The van der Waals surface area contributed by atoms with Gasteiger partial charge in [0.05, 0.1) is 17.7 Å². The van der Waals surface area contributed by atoms with Crippen molar-refractivity contribution in [3.8, 4) is 5.75 Å². The molecule has 0 radical (unpaired) electrons. The van der Waals surface area contributed by atoms with Gasteiger partial charge in [-0.25, -0.2) is 8.42 Å². The minimum atomic E-state index is -3.68. The van der Waals surface area contributed by atoms with Gasteiger partial charge in [0.2, 0.25) is 0 Å². The first-order valence-electron chi connectivity index (χ1n) is 6.02. The first kappa shape index (κ1) is 16.1. The summed E-state index contributed by atoms with van der Waals surface area (Å²) >= 11 is 7.31. The average molecular weight is 347 g/mol. The summed E-state index contributed by atoms with van der Waals surface area (Å²) in [6, 6.07) is 4.77. The van der Waals surface area contributed by atoms with Gasteiger partial charge in [-0.05, 0) is 24.6 Å². The fourth-order valence-electron chi connectivity index (χ4n) is 1.72. The van der Waals surface area contributed by atoms with Crippen molar-refractivity contribution in [3.05, 3.63) is 39.0 Å². The summed E-state index contributed by atoms with van der Waals surface area (Å²) in [7, 11) is -2.23. The lowest BCUT2D eigenvalue weighted by Crippen LogP contribution is -2.13. The molecule has 0 amide bonds. The molecule has 114 valence electrons. The van der Waals surface area contributed by atoms with Gasteiger partial charge < -0.3 is 10.5 Å². The molecule has 5 nitrogen and oxygen atoms in total. The van der Waals surface area contributed by atoms with Crippen LogP contribution < -0.4 is 15.2 Å². The van der Waals surface area contributed by atoms with Crippen molar-refractivity contribution in [1.29, 1.82) is 0 Å². The number of nitrogens with two attached hydrogens (primary N) is 1. The number of ether oxygens (including phenoxy) is 1. The first-order valence-corrected chi connectivity index (χ1v) is 8.76. The van der Waals surface area contributed by atoms with E-state index >= 15 is 0 Å². The Morgan fingerprint density at radius 2 is 2.10 bits per heavy atom. The molecule has 2 aromatic rings. The van der Waals surface area contributed by atoms with Crippen molar-refractivity contribution in [2.45, 2.75) is 18.4 Å². The normalized spacial score (nSPS) is 11.4. The molecule has 0 unspecified atom stereocenters. The minimum absolute atomic E-state index is 0.183. The summed E-state index contributed by atoms with van der Waals surface area (Å²) in [6.07, 6.45) is 0. The molecule has 8 heteroatoms. The standard InChI is InChI=1S/C13H15ClN2O3S2/c1-8-3-12(13(19-2)5-11(8)14)16-21(17,18)10-4-9(6-15)20-7-10/h3-5,7,16H,6,15H2,1-2H3. The molecule has 1 aromatic carbocycles. The van der Waals surface area contributed by atoms with Crippen LogP contribution in [0, 0.1) is 6.92 Å². The lowest BCUT2D eigenvalue weighted by Gasteiger charge is -2.13. The summed E-state index contributed by atoms with van der Waals surface area (Å²) in [4.78, 5) is 0.984. The van der Waals surface area contributed by atoms with Gasteiger partial charge in [-0.3, -0.25) is 4.72 Å². The first-order chi connectivity index (χ1) is 9.87. The number of benzene rings is 1. The van der Waals surface area contributed by atoms with Crippen molar-refractivity contribution >= 4 is 38.6 Å². The van der Waals surface area contributed by atoms with Crippen molar-refractivity contribution in [1.82, 2.24) is 0 Å². The number of methoxy groups -OCH3 is 1. The zero-order valence-electron chi connectivity index (χ0n) is 11.5. The average Bonchev–Trinajstić information content (AvgIpc) is 2.92. The third-order valence-electron chi connectivity index (χ3n) is 2.87. The molecule has 0 saturated heterocycles. The number of hydrogen-bond acceptors (Lipinski definition) is 5. The highest BCUT2D eigenvalue weighted by atomic mass is 35.5. The summed E-state index contributed by atoms with van der Waals surface area (Å²) in [6.45, 7) is 2.10. The van der Waals surface area contributed by atoms with Crippen molar-refractivity contribution in [2.75, 3.05) is 11.8 Å². The van der Waals surface area contributed by atoms with E-state index in [-0.39, 0.29) is 4.90 Å². The Hall–Kier alpha value is -1.28. The predicted molar refractivity (Wildman–Crippen MR) is 85.8 cm³/mol. The number of halogens is 1. The zero-order valence-corrected chi connectivity index (χ0v) is 13.9. The Balaban J connectivity index is 2.38. The second-order valence-electron chi connectivity index (χ2n) is 4.36. The quantitative estimate of drug-likeness (QED) is 0.872. The van der Waals surface area contributed by atoms with E-state index in [0.717, 1.165) is 10.4 Å². The van der Waals surface area contributed by atoms with E-state index in [9.17, 15) is 8.42 Å². The van der Waals surface area contributed by atoms with Gasteiger partial charge in [-0.2, -0.15) is 0 Å². The second kappa shape index (κ2) is 6.23. The smallest absolute Gasteiger partial charge is 0.262 e. The lowest BCUT2D eigenvalue weighted by atomic mass is 10.2. The fraction of sp³-hybridized carbons (Fsp3) is 0.231. The van der Waals surface area contributed by atoms with E-state index in [2.05, 4.69) is 4.72 Å². The SMILES string of the molecule is COc1cc(Cl)c(C)cc1NS(=O)(=O)c1csc(CN)c1. The lowest BCUT2D eigenvalue weighted by molar-refractivity contribution is 0.417. The predicted octanol–water partition coefficient (Wildman–Crippen LogP) is 2.98. The molecular weight excluding hydrogens is 332 g/mol. The molecule has 0 aliphatic rings. The molecule has 0 atom stereocenters. The van der Waals surface area contributed by atoms with E-state index in [1.54, 1.807) is 30.5 Å². The van der Waals surface area contributed by atoms with E-state index in [1.807, 2.05) is 0 Å². The molecule has 1 aromatic heterocycles. The third-order valence-corrected chi connectivity index (χ3v) is 5.73. The number of sulfonamides is 1. The van der Waals surface area contributed by atoms with Crippen LogP contribution in [0.2, 0.25) is 5.02 Å². The zero-order chi connectivity index (χ0) is 15.6. The Morgan fingerprint density at radius 1 is 1.38 bits per heavy atom. The maximum Gasteiger partial charge on any atom is 0.262 e. The number of aryl methyl sites for hydroxylation is 1. The maximum atomic E-state index is 12.4. The van der Waals surface area contributed by atoms with Gasteiger partial charge in [0.25, 0.3) is 10.0 Å². The van der Waals surface area contributed by atoms with E-state index in [0.29, 0.717) is 23.0 Å². The number of anilines is 1. The highest BCUT2D eigenvalue weighted by molar-refractivity contribution is 7.92. The fourth-order valence-corrected chi connectivity index (χ4v) is 4.09. The van der Waals surface area contributed by atoms with Crippen molar-refractivity contribution in [2.24, 2.45) is 5.73 Å². The third kappa shape index (κ3) is 3.49. The van der Waals surface area contributed by atoms with Crippen LogP contribution in [-0.4, -0.2) is 15.5 Å². The van der Waals surface area contributed by atoms with E-state index in [4.69, 9.17) is 22.1 Å². The van der Waals surface area contributed by atoms with Crippen LogP contribution >= 0.6 is 22.9 Å². The van der Waals surface area contributed by atoms with Crippen LogP contribution in [0.3, 0.4) is 0 Å². The minimum Gasteiger partial charge on any atom is -0.495 e. The topological polar surface area (TPSA) is 81.4 Å². The largest absolute Gasteiger partial charge is 0.495 e. The molecule has 21 heavy (non-hydrogen) atoms. The Morgan fingerprint density at radius 3 is 2.67 bits per heavy atom. The molecule has 2 rings (SSSR count). The van der Waals surface area contributed by atoms with Crippen LogP contribution in [0.15, 0.2) is 28.5 Å². The number of hydrogen-bond donors (Lipinski definition) is 2. The molecule has 0 bridgehead atoms. The van der Waals surface area contributed by atoms with Crippen LogP contribution in [0.5, 0.6) is 5.75 Å². The maximum absolute atomic E-state index is 12.4. The van der Waals surface area contributed by atoms with E-state index in [1.165, 1.54) is 18.4 Å². The molecule has 0 aliphatic carbocycles. The van der Waals surface area contributed by atoms with Gasteiger partial charge in [-0.15, -0.1) is 11.3 Å². The number of rotatable bonds is 5. The molecular formula is C13H15ClN2O3S2.